The average molecular weight is 357 g/mol. The first-order valence-corrected chi connectivity index (χ1v) is 9.97. The van der Waals surface area contributed by atoms with Crippen molar-refractivity contribution in [2.75, 3.05) is 60.1 Å². The first kappa shape index (κ1) is 22.2. The van der Waals surface area contributed by atoms with Crippen molar-refractivity contribution in [1.82, 2.24) is 15.5 Å². The zero-order chi connectivity index (χ0) is 18.4. The summed E-state index contributed by atoms with van der Waals surface area (Å²) in [5, 5.41) is 16.1. The van der Waals surface area contributed by atoms with Crippen molar-refractivity contribution in [3.05, 3.63) is 0 Å². The molecule has 0 spiro atoms. The van der Waals surface area contributed by atoms with Crippen LogP contribution >= 0.6 is 0 Å². The van der Waals surface area contributed by atoms with Crippen LogP contribution < -0.4 is 10.6 Å². The van der Waals surface area contributed by atoms with Crippen molar-refractivity contribution in [2.45, 2.75) is 51.9 Å². The predicted octanol–water partition coefficient (Wildman–Crippen LogP) is 1.84. The van der Waals surface area contributed by atoms with Crippen molar-refractivity contribution in [1.29, 1.82) is 0 Å². The maximum Gasteiger partial charge on any atom is 0.191 e. The molecule has 1 aliphatic heterocycles. The number of hydrogen-bond donors (Lipinski definition) is 3. The highest BCUT2D eigenvalue weighted by atomic mass is 16.5. The predicted molar refractivity (Wildman–Crippen MR) is 105 cm³/mol. The topological polar surface area (TPSA) is 69.1 Å². The molecule has 1 fully saturated rings. The van der Waals surface area contributed by atoms with Crippen LogP contribution in [0.15, 0.2) is 4.99 Å². The van der Waals surface area contributed by atoms with Gasteiger partial charge in [-0.1, -0.05) is 19.3 Å². The number of unbranched alkanes of at least 4 members (excludes halogenated alkanes) is 4. The third kappa shape index (κ3) is 10.0. The van der Waals surface area contributed by atoms with E-state index in [1.807, 2.05) is 0 Å². The molecule has 1 atom stereocenters. The van der Waals surface area contributed by atoms with Gasteiger partial charge in [-0.25, -0.2) is 0 Å². The Morgan fingerprint density at radius 2 is 1.92 bits per heavy atom. The molecule has 1 saturated heterocycles. The molecule has 0 aromatic heterocycles. The highest BCUT2D eigenvalue weighted by Gasteiger charge is 2.34. The minimum Gasteiger partial charge on any atom is -0.396 e. The van der Waals surface area contributed by atoms with Crippen molar-refractivity contribution in [2.24, 2.45) is 10.4 Å². The van der Waals surface area contributed by atoms with Crippen LogP contribution in [0, 0.1) is 5.41 Å². The molecule has 25 heavy (non-hydrogen) atoms. The second kappa shape index (κ2) is 13.4. The molecular formula is C19H40N4O2. The Labute approximate surface area is 154 Å². The zero-order valence-electron chi connectivity index (χ0n) is 16.6. The number of aliphatic imine (C=N–C) groups is 1. The fourth-order valence-corrected chi connectivity index (χ4v) is 3.17. The van der Waals surface area contributed by atoms with Gasteiger partial charge in [-0.2, -0.15) is 0 Å². The molecule has 0 bridgehead atoms. The van der Waals surface area contributed by atoms with Crippen LogP contribution in [-0.4, -0.2) is 76.1 Å². The molecule has 0 amide bonds. The molecular weight excluding hydrogens is 316 g/mol. The Morgan fingerprint density at radius 3 is 2.56 bits per heavy atom. The number of aliphatic hydroxyl groups is 1. The summed E-state index contributed by atoms with van der Waals surface area (Å²) in [7, 11) is 4.27. The lowest BCUT2D eigenvalue weighted by Crippen LogP contribution is -2.39. The van der Waals surface area contributed by atoms with Crippen molar-refractivity contribution < 1.29 is 9.84 Å². The zero-order valence-corrected chi connectivity index (χ0v) is 16.6. The molecule has 0 aromatic carbocycles. The van der Waals surface area contributed by atoms with E-state index in [2.05, 4.69) is 36.6 Å². The van der Waals surface area contributed by atoms with Crippen molar-refractivity contribution in [3.63, 3.8) is 0 Å². The molecule has 1 unspecified atom stereocenters. The number of nitrogens with zero attached hydrogens (tertiary/aromatic N) is 2. The normalized spacial score (nSPS) is 21.1. The highest BCUT2D eigenvalue weighted by Crippen LogP contribution is 2.32. The van der Waals surface area contributed by atoms with Gasteiger partial charge in [0, 0.05) is 31.7 Å². The highest BCUT2D eigenvalue weighted by molar-refractivity contribution is 5.79. The Bertz CT molecular complexity index is 355. The SMILES string of the molecule is CCNC(=NCC1(CCO)CCOC1)NCCCCCCCN(C)C. The minimum absolute atomic E-state index is 0.0174. The van der Waals surface area contributed by atoms with E-state index in [0.29, 0.717) is 13.2 Å². The van der Waals surface area contributed by atoms with Crippen LogP contribution in [-0.2, 0) is 4.74 Å². The molecule has 6 heteroatoms. The number of rotatable bonds is 13. The monoisotopic (exact) mass is 356 g/mol. The summed E-state index contributed by atoms with van der Waals surface area (Å²) in [4.78, 5) is 7.00. The van der Waals surface area contributed by atoms with Crippen LogP contribution in [0.2, 0.25) is 0 Å². The average Bonchev–Trinajstić information content (AvgIpc) is 3.04. The fraction of sp³-hybridized carbons (Fsp3) is 0.947. The number of aliphatic hydroxyl groups excluding tert-OH is 1. The molecule has 0 aliphatic carbocycles. The Morgan fingerprint density at radius 1 is 1.16 bits per heavy atom. The quantitative estimate of drug-likeness (QED) is 0.267. The number of nitrogens with one attached hydrogen (secondary N) is 2. The molecule has 0 aromatic rings. The summed E-state index contributed by atoms with van der Waals surface area (Å²) in [6.45, 7) is 7.52. The van der Waals surface area contributed by atoms with Gasteiger partial charge in [0.05, 0.1) is 13.2 Å². The summed E-state index contributed by atoms with van der Waals surface area (Å²) in [5.74, 6) is 0.888. The summed E-state index contributed by atoms with van der Waals surface area (Å²) >= 11 is 0. The van der Waals surface area contributed by atoms with Crippen molar-refractivity contribution in [3.8, 4) is 0 Å². The maximum absolute atomic E-state index is 9.31. The van der Waals surface area contributed by atoms with E-state index >= 15 is 0 Å². The van der Waals surface area contributed by atoms with E-state index in [1.165, 1.54) is 38.6 Å². The third-order valence-corrected chi connectivity index (χ3v) is 4.82. The van der Waals surface area contributed by atoms with E-state index < -0.39 is 0 Å². The molecule has 1 rings (SSSR count). The standard InChI is InChI=1S/C19H40N4O2/c1-4-20-18(21-12-8-6-5-7-9-13-23(2)3)22-16-19(10-14-24)11-15-25-17-19/h24H,4-17H2,1-3H3,(H2,20,21,22). The van der Waals surface area contributed by atoms with Crippen molar-refractivity contribution >= 4 is 5.96 Å². The molecule has 148 valence electrons. The minimum atomic E-state index is 0.0174. The smallest absolute Gasteiger partial charge is 0.191 e. The Balaban J connectivity index is 2.24. The summed E-state index contributed by atoms with van der Waals surface area (Å²) in [6, 6.07) is 0. The lowest BCUT2D eigenvalue weighted by molar-refractivity contribution is 0.131. The first-order valence-electron chi connectivity index (χ1n) is 9.97. The third-order valence-electron chi connectivity index (χ3n) is 4.82. The summed E-state index contributed by atoms with van der Waals surface area (Å²) in [6.07, 6.45) is 8.11. The molecule has 6 nitrogen and oxygen atoms in total. The van der Waals surface area contributed by atoms with Gasteiger partial charge >= 0.3 is 0 Å². The van der Waals surface area contributed by atoms with Crippen LogP contribution in [0.3, 0.4) is 0 Å². The van der Waals surface area contributed by atoms with Crippen LogP contribution in [0.5, 0.6) is 0 Å². The summed E-state index contributed by atoms with van der Waals surface area (Å²) < 4.78 is 5.54. The second-order valence-electron chi connectivity index (χ2n) is 7.47. The molecule has 3 N–H and O–H groups in total. The molecule has 1 heterocycles. The second-order valence-corrected chi connectivity index (χ2v) is 7.47. The number of guanidine groups is 1. The first-order chi connectivity index (χ1) is 12.1. The Kier molecular flexibility index (Phi) is 11.9. The van der Waals surface area contributed by atoms with Gasteiger partial charge in [-0.05, 0) is 53.2 Å². The number of hydrogen-bond acceptors (Lipinski definition) is 4. The lowest BCUT2D eigenvalue weighted by Gasteiger charge is -2.24. The molecule has 1 aliphatic rings. The molecule has 0 radical (unpaired) electrons. The van der Waals surface area contributed by atoms with Gasteiger partial charge in [-0.3, -0.25) is 4.99 Å². The van der Waals surface area contributed by atoms with Crippen LogP contribution in [0.1, 0.15) is 51.9 Å². The van der Waals surface area contributed by atoms with E-state index in [1.54, 1.807) is 0 Å². The Hall–Kier alpha value is -0.850. The van der Waals surface area contributed by atoms with Gasteiger partial charge in [0.15, 0.2) is 5.96 Å². The van der Waals surface area contributed by atoms with E-state index in [9.17, 15) is 5.11 Å². The van der Waals surface area contributed by atoms with E-state index in [-0.39, 0.29) is 12.0 Å². The van der Waals surface area contributed by atoms with Crippen LogP contribution in [0.4, 0.5) is 0 Å². The van der Waals surface area contributed by atoms with Gasteiger partial charge in [0.25, 0.3) is 0 Å². The fourth-order valence-electron chi connectivity index (χ4n) is 3.17. The van der Waals surface area contributed by atoms with Gasteiger partial charge < -0.3 is 25.4 Å². The van der Waals surface area contributed by atoms with Gasteiger partial charge in [0.1, 0.15) is 0 Å². The number of ether oxygens (including phenoxy) is 1. The van der Waals surface area contributed by atoms with Gasteiger partial charge in [-0.15, -0.1) is 0 Å². The maximum atomic E-state index is 9.31. The summed E-state index contributed by atoms with van der Waals surface area (Å²) in [5.41, 5.74) is 0.0174. The van der Waals surface area contributed by atoms with E-state index in [4.69, 9.17) is 9.73 Å². The lowest BCUT2D eigenvalue weighted by atomic mass is 9.84. The van der Waals surface area contributed by atoms with Crippen LogP contribution in [0.25, 0.3) is 0 Å². The van der Waals surface area contributed by atoms with E-state index in [0.717, 1.165) is 38.5 Å². The largest absolute Gasteiger partial charge is 0.396 e. The van der Waals surface area contributed by atoms with Gasteiger partial charge in [0.2, 0.25) is 0 Å². The molecule has 0 saturated carbocycles.